The summed E-state index contributed by atoms with van der Waals surface area (Å²) in [5.41, 5.74) is 10.7. The first kappa shape index (κ1) is 12.9. The molecule has 2 aromatic rings. The summed E-state index contributed by atoms with van der Waals surface area (Å²) in [7, 11) is 1.57. The molecule has 3 rings (SSSR count). The van der Waals surface area contributed by atoms with Gasteiger partial charge in [0.25, 0.3) is 0 Å². The van der Waals surface area contributed by atoms with Gasteiger partial charge in [0.05, 0.1) is 5.56 Å². The van der Waals surface area contributed by atoms with Crippen LogP contribution in [0.15, 0.2) is 18.2 Å². The van der Waals surface area contributed by atoms with E-state index in [0.717, 1.165) is 24.7 Å². The van der Waals surface area contributed by atoms with E-state index in [1.165, 1.54) is 22.2 Å². The van der Waals surface area contributed by atoms with Crippen LogP contribution in [-0.2, 0) is 24.3 Å². The summed E-state index contributed by atoms with van der Waals surface area (Å²) < 4.78 is 6.54. The number of anilines is 1. The third-order valence-corrected chi connectivity index (χ3v) is 3.77. The number of nitrogens with zero attached hydrogens (tertiary/aromatic N) is 2. The summed E-state index contributed by atoms with van der Waals surface area (Å²) in [4.78, 5) is 11.3. The van der Waals surface area contributed by atoms with Gasteiger partial charge in [-0.05, 0) is 36.5 Å². The summed E-state index contributed by atoms with van der Waals surface area (Å²) in [5, 5.41) is 4.40. The van der Waals surface area contributed by atoms with Crippen LogP contribution in [0.2, 0.25) is 0 Å². The largest absolute Gasteiger partial charge is 0.383 e. The number of aldehydes is 1. The molecule has 104 valence electrons. The van der Waals surface area contributed by atoms with E-state index in [2.05, 4.69) is 17.2 Å². The van der Waals surface area contributed by atoms with Crippen molar-refractivity contribution in [2.45, 2.75) is 26.0 Å². The van der Waals surface area contributed by atoms with E-state index in [9.17, 15) is 4.79 Å². The number of fused-ring (bicyclic) bond motifs is 1. The molecular weight excluding hydrogens is 254 g/mol. The van der Waals surface area contributed by atoms with Crippen molar-refractivity contribution in [2.24, 2.45) is 0 Å². The average molecular weight is 271 g/mol. The van der Waals surface area contributed by atoms with Crippen molar-refractivity contribution >= 4 is 12.1 Å². The molecule has 0 spiro atoms. The Labute approximate surface area is 117 Å². The van der Waals surface area contributed by atoms with Gasteiger partial charge < -0.3 is 10.5 Å². The maximum atomic E-state index is 11.3. The number of methoxy groups -OCH3 is 1. The number of carbonyl (C=O) groups excluding carboxylic acids is 1. The fourth-order valence-electron chi connectivity index (χ4n) is 2.76. The highest BCUT2D eigenvalue weighted by Crippen LogP contribution is 2.30. The van der Waals surface area contributed by atoms with E-state index in [0.29, 0.717) is 17.1 Å². The predicted octanol–water partition coefficient (Wildman–Crippen LogP) is 2.04. The summed E-state index contributed by atoms with van der Waals surface area (Å²) >= 11 is 0. The molecule has 0 amide bonds. The Morgan fingerprint density at radius 3 is 2.95 bits per heavy atom. The van der Waals surface area contributed by atoms with E-state index in [1.54, 1.807) is 7.11 Å². The normalized spacial score (nSPS) is 13.4. The summed E-state index contributed by atoms with van der Waals surface area (Å²) in [6.45, 7) is 0.234. The van der Waals surface area contributed by atoms with Gasteiger partial charge in [-0.25, -0.2) is 4.68 Å². The number of carbonyl (C=O) groups is 1. The van der Waals surface area contributed by atoms with Crippen LogP contribution in [0.5, 0.6) is 0 Å². The number of nitrogen functional groups attached to an aromatic ring is 1. The van der Waals surface area contributed by atoms with Gasteiger partial charge >= 0.3 is 0 Å². The number of rotatable bonds is 4. The minimum atomic E-state index is 0.234. The van der Waals surface area contributed by atoms with E-state index in [4.69, 9.17) is 10.5 Å². The molecule has 2 N–H and O–H groups in total. The van der Waals surface area contributed by atoms with Crippen molar-refractivity contribution in [2.75, 3.05) is 12.8 Å². The van der Waals surface area contributed by atoms with Gasteiger partial charge in [-0.1, -0.05) is 12.1 Å². The molecule has 0 bridgehead atoms. The van der Waals surface area contributed by atoms with Crippen LogP contribution in [0.25, 0.3) is 11.3 Å². The van der Waals surface area contributed by atoms with Gasteiger partial charge in [0, 0.05) is 12.7 Å². The number of benzene rings is 1. The zero-order chi connectivity index (χ0) is 14.1. The van der Waals surface area contributed by atoms with Crippen molar-refractivity contribution in [3.63, 3.8) is 0 Å². The van der Waals surface area contributed by atoms with Crippen molar-refractivity contribution in [1.82, 2.24) is 9.78 Å². The van der Waals surface area contributed by atoms with Crippen molar-refractivity contribution in [1.29, 1.82) is 0 Å². The van der Waals surface area contributed by atoms with Crippen LogP contribution in [0.1, 0.15) is 27.9 Å². The lowest BCUT2D eigenvalue weighted by Gasteiger charge is -2.03. The first-order chi connectivity index (χ1) is 9.74. The van der Waals surface area contributed by atoms with Crippen molar-refractivity contribution in [3.8, 4) is 11.3 Å². The minimum absolute atomic E-state index is 0.234. The third kappa shape index (κ3) is 2.00. The standard InChI is InChI=1S/C15H17N3O2/c1-20-9-18-15(16)13(8-19)14(17-18)12-6-5-10-3-2-4-11(10)7-12/h5-8H,2-4,9,16H2,1H3. The summed E-state index contributed by atoms with van der Waals surface area (Å²) in [6, 6.07) is 6.25. The van der Waals surface area contributed by atoms with Gasteiger partial charge in [0.1, 0.15) is 18.2 Å². The second-order valence-electron chi connectivity index (χ2n) is 5.02. The highest BCUT2D eigenvalue weighted by Gasteiger charge is 2.18. The number of nitrogens with two attached hydrogens (primary N) is 1. The van der Waals surface area contributed by atoms with Gasteiger partial charge in [-0.2, -0.15) is 5.10 Å². The van der Waals surface area contributed by atoms with Crippen molar-refractivity contribution < 1.29 is 9.53 Å². The zero-order valence-corrected chi connectivity index (χ0v) is 11.4. The molecule has 0 aliphatic heterocycles. The second-order valence-corrected chi connectivity index (χ2v) is 5.02. The van der Waals surface area contributed by atoms with Crippen LogP contribution < -0.4 is 5.73 Å². The smallest absolute Gasteiger partial charge is 0.156 e. The molecule has 20 heavy (non-hydrogen) atoms. The Balaban J connectivity index is 2.09. The topological polar surface area (TPSA) is 70.1 Å². The molecule has 1 aromatic heterocycles. The number of hydrogen-bond acceptors (Lipinski definition) is 4. The Morgan fingerprint density at radius 2 is 2.20 bits per heavy atom. The van der Waals surface area contributed by atoms with Gasteiger partial charge in [-0.15, -0.1) is 0 Å². The lowest BCUT2D eigenvalue weighted by atomic mass is 10.0. The molecule has 0 saturated carbocycles. The number of ether oxygens (including phenoxy) is 1. The van der Waals surface area contributed by atoms with Crippen LogP contribution in [-0.4, -0.2) is 23.2 Å². The SMILES string of the molecule is COCn1nc(-c2ccc3c(c2)CCC3)c(C=O)c1N. The molecule has 0 radical (unpaired) electrons. The quantitative estimate of drug-likeness (QED) is 0.864. The summed E-state index contributed by atoms with van der Waals surface area (Å²) in [6.07, 6.45) is 4.18. The summed E-state index contributed by atoms with van der Waals surface area (Å²) in [5.74, 6) is 0.345. The third-order valence-electron chi connectivity index (χ3n) is 3.77. The molecular formula is C15H17N3O2. The maximum absolute atomic E-state index is 11.3. The van der Waals surface area contributed by atoms with Gasteiger partial charge in [0.2, 0.25) is 0 Å². The fourth-order valence-corrected chi connectivity index (χ4v) is 2.76. The number of hydrogen-bond donors (Lipinski definition) is 1. The van der Waals surface area contributed by atoms with Gasteiger partial charge in [-0.3, -0.25) is 4.79 Å². The molecule has 0 atom stereocenters. The molecule has 1 heterocycles. The molecule has 1 aliphatic carbocycles. The second kappa shape index (κ2) is 5.09. The molecule has 1 aromatic carbocycles. The lowest BCUT2D eigenvalue weighted by Crippen LogP contribution is -2.06. The van der Waals surface area contributed by atoms with E-state index in [1.807, 2.05) is 6.07 Å². The molecule has 0 saturated heterocycles. The monoisotopic (exact) mass is 271 g/mol. The van der Waals surface area contributed by atoms with E-state index >= 15 is 0 Å². The van der Waals surface area contributed by atoms with E-state index < -0.39 is 0 Å². The van der Waals surface area contributed by atoms with E-state index in [-0.39, 0.29) is 6.73 Å². The predicted molar refractivity (Wildman–Crippen MR) is 76.5 cm³/mol. The van der Waals surface area contributed by atoms with Gasteiger partial charge in [0.15, 0.2) is 6.29 Å². The Morgan fingerprint density at radius 1 is 1.40 bits per heavy atom. The van der Waals surface area contributed by atoms with Crippen molar-refractivity contribution in [3.05, 3.63) is 34.9 Å². The minimum Gasteiger partial charge on any atom is -0.383 e. The fraction of sp³-hybridized carbons (Fsp3) is 0.333. The molecule has 1 aliphatic rings. The maximum Gasteiger partial charge on any atom is 0.156 e. The molecule has 0 unspecified atom stereocenters. The Hall–Kier alpha value is -2.14. The Kier molecular flexibility index (Phi) is 3.28. The first-order valence-corrected chi connectivity index (χ1v) is 6.67. The molecule has 5 nitrogen and oxygen atoms in total. The highest BCUT2D eigenvalue weighted by molar-refractivity contribution is 5.91. The molecule has 5 heteroatoms. The average Bonchev–Trinajstić information content (AvgIpc) is 3.03. The number of aromatic nitrogens is 2. The highest BCUT2D eigenvalue weighted by atomic mass is 16.5. The lowest BCUT2D eigenvalue weighted by molar-refractivity contribution is 0.112. The first-order valence-electron chi connectivity index (χ1n) is 6.67. The zero-order valence-electron chi connectivity index (χ0n) is 11.4. The van der Waals surface area contributed by atoms with Crippen LogP contribution >= 0.6 is 0 Å². The van der Waals surface area contributed by atoms with Crippen LogP contribution in [0.4, 0.5) is 5.82 Å². The number of aryl methyl sites for hydroxylation is 2. The molecule has 0 fully saturated rings. The Bertz CT molecular complexity index is 661. The van der Waals surface area contributed by atoms with Crippen LogP contribution in [0, 0.1) is 0 Å². The van der Waals surface area contributed by atoms with Crippen LogP contribution in [0.3, 0.4) is 0 Å².